The number of anilines is 1. The Morgan fingerprint density at radius 1 is 1.44 bits per heavy atom. The summed E-state index contributed by atoms with van der Waals surface area (Å²) < 4.78 is 11.2. The predicted molar refractivity (Wildman–Crippen MR) is 90.4 cm³/mol. The van der Waals surface area contributed by atoms with E-state index in [1.54, 1.807) is 48.4 Å². The number of carbonyl (C=O) groups excluding carboxylic acids is 1. The number of fused-ring (bicyclic) bond motifs is 1. The van der Waals surface area contributed by atoms with Crippen molar-refractivity contribution in [3.63, 3.8) is 0 Å². The van der Waals surface area contributed by atoms with Crippen molar-refractivity contribution >= 4 is 17.6 Å². The molecule has 3 aliphatic heterocycles. The van der Waals surface area contributed by atoms with Crippen molar-refractivity contribution in [3.05, 3.63) is 49.1 Å². The van der Waals surface area contributed by atoms with Crippen LogP contribution in [0.25, 0.3) is 0 Å². The third-order valence-electron chi connectivity index (χ3n) is 5.45. The first-order chi connectivity index (χ1) is 12.0. The van der Waals surface area contributed by atoms with Crippen molar-refractivity contribution in [1.82, 2.24) is 0 Å². The second kappa shape index (κ2) is 5.46. The summed E-state index contributed by atoms with van der Waals surface area (Å²) >= 11 is 0. The molecule has 6 nitrogen and oxygen atoms in total. The molecule has 5 atom stereocenters. The molecule has 0 unspecified atom stereocenters. The highest BCUT2D eigenvalue weighted by molar-refractivity contribution is 6.03. The maximum absolute atomic E-state index is 13.2. The molecule has 1 amide bonds. The molecule has 0 radical (unpaired) electrons. The minimum Gasteiger partial charge on any atom is -0.497 e. The van der Waals surface area contributed by atoms with Gasteiger partial charge in [0.2, 0.25) is 5.91 Å². The fourth-order valence-electron chi connectivity index (χ4n) is 4.43. The molecule has 1 aromatic rings. The molecule has 4 rings (SSSR count). The number of ether oxygens (including phenoxy) is 2. The van der Waals surface area contributed by atoms with Crippen LogP contribution in [0.4, 0.5) is 5.69 Å². The van der Waals surface area contributed by atoms with E-state index >= 15 is 0 Å². The highest BCUT2D eigenvalue weighted by Crippen LogP contribution is 2.56. The smallest absolute Gasteiger partial charge is 0.310 e. The lowest BCUT2D eigenvalue weighted by Gasteiger charge is -2.32. The third-order valence-corrected chi connectivity index (χ3v) is 5.45. The zero-order chi connectivity index (χ0) is 17.8. The lowest BCUT2D eigenvalue weighted by atomic mass is 9.74. The van der Waals surface area contributed by atoms with Gasteiger partial charge in [0.15, 0.2) is 0 Å². The second-order valence-electron chi connectivity index (χ2n) is 6.58. The van der Waals surface area contributed by atoms with Gasteiger partial charge in [-0.1, -0.05) is 18.2 Å². The Labute approximate surface area is 145 Å². The summed E-state index contributed by atoms with van der Waals surface area (Å²) in [7, 11) is 1.58. The van der Waals surface area contributed by atoms with E-state index in [9.17, 15) is 14.7 Å². The van der Waals surface area contributed by atoms with Gasteiger partial charge in [-0.2, -0.15) is 0 Å². The fourth-order valence-corrected chi connectivity index (χ4v) is 4.43. The van der Waals surface area contributed by atoms with Crippen LogP contribution < -0.4 is 9.64 Å². The van der Waals surface area contributed by atoms with Crippen LogP contribution in [-0.2, 0) is 14.3 Å². The van der Waals surface area contributed by atoms with E-state index in [2.05, 4.69) is 6.58 Å². The van der Waals surface area contributed by atoms with Crippen LogP contribution in [-0.4, -0.2) is 41.8 Å². The predicted octanol–water partition coefficient (Wildman–Crippen LogP) is 2.01. The molecule has 1 N–H and O–H groups in total. The van der Waals surface area contributed by atoms with E-state index in [0.29, 0.717) is 17.9 Å². The minimum absolute atomic E-state index is 0.212. The Bertz CT molecular complexity index is 771. The molecule has 0 aliphatic carbocycles. The maximum Gasteiger partial charge on any atom is 0.310 e. The van der Waals surface area contributed by atoms with Crippen LogP contribution >= 0.6 is 0 Å². The SMILES string of the molecule is C=CC[C@@H]1N(c2ccc(OC)cc2)C(=O)[C@H]2[C@H](C(=O)O)[C@@H]3C=C[C@]12O3. The first kappa shape index (κ1) is 15.9. The molecule has 0 aromatic heterocycles. The van der Waals surface area contributed by atoms with Crippen molar-refractivity contribution in [2.75, 3.05) is 12.0 Å². The van der Waals surface area contributed by atoms with Gasteiger partial charge in [-0.3, -0.25) is 9.59 Å². The number of benzene rings is 1. The van der Waals surface area contributed by atoms with Gasteiger partial charge in [0.1, 0.15) is 17.3 Å². The van der Waals surface area contributed by atoms with Crippen LogP contribution in [0, 0.1) is 11.8 Å². The second-order valence-corrected chi connectivity index (χ2v) is 6.58. The highest BCUT2D eigenvalue weighted by atomic mass is 16.5. The number of hydrogen-bond donors (Lipinski definition) is 1. The lowest BCUT2D eigenvalue weighted by Crippen LogP contribution is -2.45. The molecule has 1 spiro atoms. The maximum atomic E-state index is 13.2. The number of rotatable bonds is 5. The first-order valence-electron chi connectivity index (χ1n) is 8.21. The Morgan fingerprint density at radius 2 is 2.16 bits per heavy atom. The Morgan fingerprint density at radius 3 is 2.76 bits per heavy atom. The number of methoxy groups -OCH3 is 1. The van der Waals surface area contributed by atoms with Gasteiger partial charge in [0, 0.05) is 5.69 Å². The van der Waals surface area contributed by atoms with Crippen molar-refractivity contribution in [2.45, 2.75) is 24.2 Å². The van der Waals surface area contributed by atoms with E-state index in [1.807, 2.05) is 6.08 Å². The molecular formula is C19H19NO5. The molecule has 0 saturated carbocycles. The largest absolute Gasteiger partial charge is 0.497 e. The van der Waals surface area contributed by atoms with Crippen LogP contribution in [0.1, 0.15) is 6.42 Å². The lowest BCUT2D eigenvalue weighted by molar-refractivity contribution is -0.146. The minimum atomic E-state index is -0.997. The van der Waals surface area contributed by atoms with Crippen LogP contribution in [0.5, 0.6) is 5.75 Å². The quantitative estimate of drug-likeness (QED) is 0.829. The normalized spacial score (nSPS) is 35.1. The number of aliphatic carboxylic acids is 1. The van der Waals surface area contributed by atoms with Crippen LogP contribution in [0.15, 0.2) is 49.1 Å². The summed E-state index contributed by atoms with van der Waals surface area (Å²) in [6.07, 6.45) is 5.35. The highest BCUT2D eigenvalue weighted by Gasteiger charge is 2.71. The van der Waals surface area contributed by atoms with Gasteiger partial charge < -0.3 is 19.5 Å². The zero-order valence-electron chi connectivity index (χ0n) is 13.8. The van der Waals surface area contributed by atoms with E-state index in [0.717, 1.165) is 0 Å². The van der Waals surface area contributed by atoms with Gasteiger partial charge in [-0.05, 0) is 30.7 Å². The Kier molecular flexibility index (Phi) is 3.47. The topological polar surface area (TPSA) is 76.1 Å². The van der Waals surface area contributed by atoms with Crippen molar-refractivity contribution in [3.8, 4) is 5.75 Å². The summed E-state index contributed by atoms with van der Waals surface area (Å²) in [5.41, 5.74) is -0.204. The Hall–Kier alpha value is -2.60. The van der Waals surface area contributed by atoms with Gasteiger partial charge in [0.05, 0.1) is 25.2 Å². The summed E-state index contributed by atoms with van der Waals surface area (Å²) in [6.45, 7) is 3.80. The average molecular weight is 341 g/mol. The molecule has 130 valence electrons. The summed E-state index contributed by atoms with van der Waals surface area (Å²) in [6, 6.07) is 6.85. The number of carbonyl (C=O) groups is 2. The Balaban J connectivity index is 1.80. The van der Waals surface area contributed by atoms with Crippen molar-refractivity contribution < 1.29 is 24.2 Å². The average Bonchev–Trinajstić information content (AvgIpc) is 3.24. The molecule has 2 saturated heterocycles. The summed E-state index contributed by atoms with van der Waals surface area (Å²) in [4.78, 5) is 26.6. The van der Waals surface area contributed by atoms with Crippen LogP contribution in [0.2, 0.25) is 0 Å². The van der Waals surface area contributed by atoms with Gasteiger partial charge >= 0.3 is 5.97 Å². The first-order valence-corrected chi connectivity index (χ1v) is 8.21. The number of nitrogens with zero attached hydrogens (tertiary/aromatic N) is 1. The zero-order valence-corrected chi connectivity index (χ0v) is 13.8. The number of carboxylic acid groups (broad SMARTS) is 1. The van der Waals surface area contributed by atoms with Crippen molar-refractivity contribution in [2.24, 2.45) is 11.8 Å². The van der Waals surface area contributed by atoms with Gasteiger partial charge in [-0.25, -0.2) is 0 Å². The molecular weight excluding hydrogens is 322 g/mol. The standard InChI is InChI=1S/C19H19NO5/c1-3-4-14-19-10-9-13(25-19)15(18(22)23)16(19)17(21)20(14)11-5-7-12(24-2)8-6-11/h3,5-10,13-16H,1,4H2,2H3,(H,22,23)/t13-,14-,15+,16+,19-/m0/s1. The molecule has 2 bridgehead atoms. The van der Waals surface area contributed by atoms with E-state index in [4.69, 9.17) is 9.47 Å². The van der Waals surface area contributed by atoms with Gasteiger partial charge in [0.25, 0.3) is 0 Å². The molecule has 3 heterocycles. The molecule has 1 aromatic carbocycles. The van der Waals surface area contributed by atoms with E-state index in [1.165, 1.54) is 0 Å². The summed E-state index contributed by atoms with van der Waals surface area (Å²) in [5, 5.41) is 9.62. The molecule has 6 heteroatoms. The van der Waals surface area contributed by atoms with Crippen molar-refractivity contribution in [1.29, 1.82) is 0 Å². The van der Waals surface area contributed by atoms with Crippen LogP contribution in [0.3, 0.4) is 0 Å². The molecule has 2 fully saturated rings. The fraction of sp³-hybridized carbons (Fsp3) is 0.368. The number of hydrogen-bond acceptors (Lipinski definition) is 4. The molecule has 3 aliphatic rings. The molecule has 25 heavy (non-hydrogen) atoms. The number of carboxylic acids is 1. The third kappa shape index (κ3) is 2.00. The van der Waals surface area contributed by atoms with E-state index < -0.39 is 29.5 Å². The van der Waals surface area contributed by atoms with E-state index in [-0.39, 0.29) is 11.9 Å². The number of amides is 1. The monoisotopic (exact) mass is 341 g/mol. The summed E-state index contributed by atoms with van der Waals surface area (Å²) in [5.74, 6) is -2.09. The van der Waals surface area contributed by atoms with Gasteiger partial charge in [-0.15, -0.1) is 6.58 Å².